The SMILES string of the molecule is O=CN1CCN(C(=O)NCS(=O)(=O)c2ccc(CC(=O)O)cc2)C1=O. The minimum atomic E-state index is -3.87. The van der Waals surface area contributed by atoms with Gasteiger partial charge in [-0.25, -0.2) is 22.9 Å². The third-order valence-corrected chi connectivity index (χ3v) is 4.98. The molecule has 0 atom stereocenters. The molecular weight excluding hydrogens is 354 g/mol. The first-order valence-electron chi connectivity index (χ1n) is 7.09. The van der Waals surface area contributed by atoms with Crippen LogP contribution < -0.4 is 5.32 Å². The van der Waals surface area contributed by atoms with E-state index in [1.807, 2.05) is 0 Å². The Kier molecular flexibility index (Phi) is 5.37. The Morgan fingerprint density at radius 3 is 2.36 bits per heavy atom. The predicted molar refractivity (Wildman–Crippen MR) is 83.2 cm³/mol. The number of urea groups is 2. The molecule has 0 saturated carbocycles. The van der Waals surface area contributed by atoms with Gasteiger partial charge >= 0.3 is 18.0 Å². The Balaban J connectivity index is 1.99. The molecule has 5 amide bonds. The Bertz CT molecular complexity index is 804. The van der Waals surface area contributed by atoms with E-state index in [-0.39, 0.29) is 24.4 Å². The number of hydrogen-bond acceptors (Lipinski definition) is 6. The van der Waals surface area contributed by atoms with Crippen LogP contribution >= 0.6 is 0 Å². The Hall–Kier alpha value is -2.95. The number of hydrogen-bond donors (Lipinski definition) is 2. The molecule has 1 fully saturated rings. The predicted octanol–water partition coefficient (Wildman–Crippen LogP) is -0.351. The molecule has 1 aliphatic rings. The van der Waals surface area contributed by atoms with Gasteiger partial charge in [0, 0.05) is 6.54 Å². The van der Waals surface area contributed by atoms with E-state index in [9.17, 15) is 27.6 Å². The monoisotopic (exact) mass is 369 g/mol. The van der Waals surface area contributed by atoms with Crippen LogP contribution in [0.5, 0.6) is 0 Å². The highest BCUT2D eigenvalue weighted by Crippen LogP contribution is 2.13. The summed E-state index contributed by atoms with van der Waals surface area (Å²) in [6, 6.07) is 3.50. The van der Waals surface area contributed by atoms with Crippen molar-refractivity contribution in [1.82, 2.24) is 15.1 Å². The summed E-state index contributed by atoms with van der Waals surface area (Å²) in [5.41, 5.74) is 0.437. The molecule has 2 rings (SSSR count). The minimum absolute atomic E-state index is 0.0205. The molecule has 1 aromatic rings. The average Bonchev–Trinajstić information content (AvgIpc) is 2.93. The smallest absolute Gasteiger partial charge is 0.334 e. The number of carboxylic acids is 1. The number of amides is 5. The number of imide groups is 2. The standard InChI is InChI=1S/C14H15N3O7S/c18-9-16-5-6-17(14(16)22)13(21)15-8-25(23,24)11-3-1-10(2-4-11)7-12(19)20/h1-4,9H,5-8H2,(H,15,21)(H,19,20). The first-order chi connectivity index (χ1) is 11.7. The molecule has 10 nitrogen and oxygen atoms in total. The lowest BCUT2D eigenvalue weighted by molar-refractivity contribution is -0.136. The molecule has 1 aliphatic heterocycles. The summed E-state index contributed by atoms with van der Waals surface area (Å²) < 4.78 is 24.4. The lowest BCUT2D eigenvalue weighted by Crippen LogP contribution is -2.44. The van der Waals surface area contributed by atoms with Crippen LogP contribution in [0.4, 0.5) is 9.59 Å². The number of aliphatic carboxylic acids is 1. The van der Waals surface area contributed by atoms with E-state index in [0.29, 0.717) is 12.0 Å². The number of nitrogens with zero attached hydrogens (tertiary/aromatic N) is 2. The molecule has 2 N–H and O–H groups in total. The van der Waals surface area contributed by atoms with Crippen molar-refractivity contribution in [3.8, 4) is 0 Å². The summed E-state index contributed by atoms with van der Waals surface area (Å²) in [5.74, 6) is -1.78. The van der Waals surface area contributed by atoms with Gasteiger partial charge in [0.25, 0.3) is 0 Å². The molecule has 0 aromatic heterocycles. The van der Waals surface area contributed by atoms with Gasteiger partial charge in [0.2, 0.25) is 6.41 Å². The maximum atomic E-state index is 12.2. The van der Waals surface area contributed by atoms with Crippen molar-refractivity contribution in [3.63, 3.8) is 0 Å². The Morgan fingerprint density at radius 2 is 1.84 bits per heavy atom. The lowest BCUT2D eigenvalue weighted by atomic mass is 10.2. The summed E-state index contributed by atoms with van der Waals surface area (Å²) in [4.78, 5) is 46.2. The zero-order chi connectivity index (χ0) is 18.6. The Morgan fingerprint density at radius 1 is 1.20 bits per heavy atom. The van der Waals surface area contributed by atoms with Gasteiger partial charge in [-0.05, 0) is 17.7 Å². The van der Waals surface area contributed by atoms with Crippen molar-refractivity contribution in [3.05, 3.63) is 29.8 Å². The molecule has 1 heterocycles. The van der Waals surface area contributed by atoms with Crippen LogP contribution in [-0.2, 0) is 25.8 Å². The van der Waals surface area contributed by atoms with E-state index >= 15 is 0 Å². The van der Waals surface area contributed by atoms with E-state index in [0.717, 1.165) is 9.80 Å². The summed E-state index contributed by atoms with van der Waals surface area (Å²) in [6.45, 7) is 0.0287. The highest BCUT2D eigenvalue weighted by Gasteiger charge is 2.33. The lowest BCUT2D eigenvalue weighted by Gasteiger charge is -2.14. The molecule has 0 bridgehead atoms. The zero-order valence-corrected chi connectivity index (χ0v) is 13.7. The molecule has 0 radical (unpaired) electrons. The number of carbonyl (C=O) groups excluding carboxylic acids is 3. The Labute approximate surface area is 142 Å². The van der Waals surface area contributed by atoms with Gasteiger partial charge in [0.15, 0.2) is 9.84 Å². The first-order valence-corrected chi connectivity index (χ1v) is 8.74. The number of carbonyl (C=O) groups is 4. The summed E-state index contributed by atoms with van der Waals surface area (Å²) >= 11 is 0. The van der Waals surface area contributed by atoms with E-state index in [2.05, 4.69) is 5.32 Å². The largest absolute Gasteiger partial charge is 0.481 e. The van der Waals surface area contributed by atoms with Crippen molar-refractivity contribution in [2.45, 2.75) is 11.3 Å². The fourth-order valence-electron chi connectivity index (χ4n) is 2.17. The highest BCUT2D eigenvalue weighted by molar-refractivity contribution is 7.91. The van der Waals surface area contributed by atoms with Crippen LogP contribution in [0.15, 0.2) is 29.2 Å². The second kappa shape index (κ2) is 7.30. The van der Waals surface area contributed by atoms with Crippen LogP contribution in [0.3, 0.4) is 0 Å². The fourth-order valence-corrected chi connectivity index (χ4v) is 3.20. The van der Waals surface area contributed by atoms with Crippen molar-refractivity contribution < 1.29 is 32.7 Å². The average molecular weight is 369 g/mol. The van der Waals surface area contributed by atoms with E-state index in [4.69, 9.17) is 5.11 Å². The number of rotatable bonds is 6. The maximum absolute atomic E-state index is 12.2. The van der Waals surface area contributed by atoms with Crippen LogP contribution in [-0.4, -0.2) is 66.7 Å². The van der Waals surface area contributed by atoms with Crippen LogP contribution in [0.1, 0.15) is 5.56 Å². The quantitative estimate of drug-likeness (QED) is 0.653. The molecule has 1 saturated heterocycles. The second-order valence-corrected chi connectivity index (χ2v) is 7.18. The van der Waals surface area contributed by atoms with Gasteiger partial charge in [-0.15, -0.1) is 0 Å². The third-order valence-electron chi connectivity index (χ3n) is 3.46. The van der Waals surface area contributed by atoms with Gasteiger partial charge in [-0.1, -0.05) is 12.1 Å². The maximum Gasteiger partial charge on any atom is 0.334 e. The van der Waals surface area contributed by atoms with Gasteiger partial charge in [0.1, 0.15) is 5.88 Å². The van der Waals surface area contributed by atoms with Gasteiger partial charge in [-0.2, -0.15) is 0 Å². The summed E-state index contributed by atoms with van der Waals surface area (Å²) in [5, 5.41) is 10.8. The van der Waals surface area contributed by atoms with Crippen molar-refractivity contribution in [2.24, 2.45) is 0 Å². The molecule has 134 valence electrons. The summed E-state index contributed by atoms with van der Waals surface area (Å²) in [6.07, 6.45) is 0.0619. The number of nitrogens with one attached hydrogen (secondary N) is 1. The number of sulfone groups is 1. The number of carboxylic acid groups (broad SMARTS) is 1. The van der Waals surface area contributed by atoms with Crippen molar-refractivity contribution >= 4 is 34.3 Å². The van der Waals surface area contributed by atoms with Crippen molar-refractivity contribution in [2.75, 3.05) is 19.0 Å². The van der Waals surface area contributed by atoms with E-state index in [1.54, 1.807) is 0 Å². The molecule has 0 unspecified atom stereocenters. The van der Waals surface area contributed by atoms with E-state index in [1.165, 1.54) is 24.3 Å². The third kappa shape index (κ3) is 4.32. The summed E-state index contributed by atoms with van der Waals surface area (Å²) in [7, 11) is -3.87. The minimum Gasteiger partial charge on any atom is -0.481 e. The molecule has 1 aromatic carbocycles. The molecule has 11 heteroatoms. The van der Waals surface area contributed by atoms with Crippen LogP contribution in [0, 0.1) is 0 Å². The molecule has 0 aliphatic carbocycles. The fraction of sp³-hybridized carbons (Fsp3) is 0.286. The van der Waals surface area contributed by atoms with Crippen LogP contribution in [0.25, 0.3) is 0 Å². The molecular formula is C14H15N3O7S. The van der Waals surface area contributed by atoms with Gasteiger partial charge in [0.05, 0.1) is 17.9 Å². The van der Waals surface area contributed by atoms with Crippen molar-refractivity contribution in [1.29, 1.82) is 0 Å². The van der Waals surface area contributed by atoms with E-state index < -0.39 is 33.7 Å². The first kappa shape index (κ1) is 18.4. The van der Waals surface area contributed by atoms with Gasteiger partial charge in [-0.3, -0.25) is 14.5 Å². The molecule has 0 spiro atoms. The topological polar surface area (TPSA) is 141 Å². The van der Waals surface area contributed by atoms with Crippen LogP contribution in [0.2, 0.25) is 0 Å². The highest BCUT2D eigenvalue weighted by atomic mass is 32.2. The van der Waals surface area contributed by atoms with Gasteiger partial charge < -0.3 is 10.4 Å². The second-order valence-electron chi connectivity index (χ2n) is 5.19. The number of benzene rings is 1. The normalized spacial score (nSPS) is 14.5. The zero-order valence-electron chi connectivity index (χ0n) is 12.9. The molecule has 25 heavy (non-hydrogen) atoms.